The first kappa shape index (κ1) is 21.9. The SMILES string of the molecule is COC(=O)c1cc(C(=O)N(C)CC(=O)Nc2ccccc2SC)cc([N+](=O)[O-])c1. The fraction of sp³-hybridized carbons (Fsp3) is 0.211. The van der Waals surface area contributed by atoms with Crippen molar-refractivity contribution in [2.75, 3.05) is 32.3 Å². The van der Waals surface area contributed by atoms with Gasteiger partial charge in [0.25, 0.3) is 11.6 Å². The summed E-state index contributed by atoms with van der Waals surface area (Å²) in [5, 5.41) is 13.8. The van der Waals surface area contributed by atoms with Gasteiger partial charge in [0.05, 0.1) is 29.8 Å². The number of rotatable bonds is 7. The van der Waals surface area contributed by atoms with Crippen molar-refractivity contribution in [2.24, 2.45) is 0 Å². The monoisotopic (exact) mass is 417 g/mol. The summed E-state index contributed by atoms with van der Waals surface area (Å²) in [6.07, 6.45) is 1.88. The minimum absolute atomic E-state index is 0.0978. The van der Waals surface area contributed by atoms with E-state index >= 15 is 0 Å². The average molecular weight is 417 g/mol. The third kappa shape index (κ3) is 5.55. The topological polar surface area (TPSA) is 119 Å². The standard InChI is InChI=1S/C19H19N3O6S/c1-21(11-17(23)20-15-6-4-5-7-16(15)29-3)18(24)12-8-13(19(25)28-2)10-14(9-12)22(26)27/h4-10H,11H2,1-3H3,(H,20,23). The quantitative estimate of drug-likeness (QED) is 0.318. The molecule has 0 atom stereocenters. The predicted octanol–water partition coefficient (Wildman–Crippen LogP) is 2.81. The van der Waals surface area contributed by atoms with Gasteiger partial charge in [-0.1, -0.05) is 12.1 Å². The molecule has 0 saturated heterocycles. The number of amides is 2. The van der Waals surface area contributed by atoms with E-state index < -0.39 is 28.4 Å². The van der Waals surface area contributed by atoms with E-state index in [1.807, 2.05) is 18.4 Å². The van der Waals surface area contributed by atoms with Crippen molar-refractivity contribution >= 4 is 40.9 Å². The highest BCUT2D eigenvalue weighted by molar-refractivity contribution is 7.98. The van der Waals surface area contributed by atoms with Crippen molar-refractivity contribution < 1.29 is 24.0 Å². The lowest BCUT2D eigenvalue weighted by Gasteiger charge is -2.18. The lowest BCUT2D eigenvalue weighted by molar-refractivity contribution is -0.384. The molecule has 0 heterocycles. The summed E-state index contributed by atoms with van der Waals surface area (Å²) in [5.74, 6) is -1.88. The fourth-order valence-electron chi connectivity index (χ4n) is 2.52. The minimum atomic E-state index is -0.809. The number of carbonyl (C=O) groups is 3. The molecule has 0 saturated carbocycles. The molecule has 0 aliphatic carbocycles. The third-order valence-corrected chi connectivity index (χ3v) is 4.70. The minimum Gasteiger partial charge on any atom is -0.465 e. The molecular formula is C19H19N3O6S. The summed E-state index contributed by atoms with van der Waals surface area (Å²) in [6, 6.07) is 10.5. The molecule has 0 aliphatic rings. The van der Waals surface area contributed by atoms with Gasteiger partial charge in [-0.05, 0) is 24.5 Å². The van der Waals surface area contributed by atoms with Gasteiger partial charge < -0.3 is 15.0 Å². The van der Waals surface area contributed by atoms with Gasteiger partial charge in [0, 0.05) is 29.6 Å². The number of thioether (sulfide) groups is 1. The smallest absolute Gasteiger partial charge is 0.338 e. The van der Waals surface area contributed by atoms with Crippen LogP contribution in [-0.2, 0) is 9.53 Å². The van der Waals surface area contributed by atoms with E-state index in [9.17, 15) is 24.5 Å². The molecule has 9 nitrogen and oxygen atoms in total. The predicted molar refractivity (Wildman–Crippen MR) is 108 cm³/mol. The molecular weight excluding hydrogens is 398 g/mol. The van der Waals surface area contributed by atoms with Crippen LogP contribution < -0.4 is 5.32 Å². The summed E-state index contributed by atoms with van der Waals surface area (Å²) >= 11 is 1.47. The molecule has 2 aromatic rings. The van der Waals surface area contributed by atoms with E-state index in [2.05, 4.69) is 10.1 Å². The molecule has 10 heteroatoms. The number of hydrogen-bond acceptors (Lipinski definition) is 7. The van der Waals surface area contributed by atoms with Crippen LogP contribution in [0.1, 0.15) is 20.7 Å². The molecule has 0 radical (unpaired) electrons. The summed E-state index contributed by atoms with van der Waals surface area (Å²) in [6.45, 7) is -0.280. The molecule has 2 aromatic carbocycles. The second-order valence-corrected chi connectivity index (χ2v) is 6.78. The van der Waals surface area contributed by atoms with Gasteiger partial charge in [0.1, 0.15) is 0 Å². The Morgan fingerprint density at radius 1 is 1.17 bits per heavy atom. The number of hydrogen-bond donors (Lipinski definition) is 1. The third-order valence-electron chi connectivity index (χ3n) is 3.91. The molecule has 2 rings (SSSR count). The van der Waals surface area contributed by atoms with E-state index in [1.54, 1.807) is 12.1 Å². The number of carbonyl (C=O) groups excluding carboxylic acids is 3. The summed E-state index contributed by atoms with van der Waals surface area (Å²) in [5.41, 5.74) is -0.0339. The zero-order chi connectivity index (χ0) is 21.6. The van der Waals surface area contributed by atoms with Crippen LogP contribution in [-0.4, -0.2) is 54.6 Å². The number of non-ortho nitro benzene ring substituents is 1. The highest BCUT2D eigenvalue weighted by atomic mass is 32.2. The Balaban J connectivity index is 2.18. The molecule has 0 unspecified atom stereocenters. The van der Waals surface area contributed by atoms with Crippen molar-refractivity contribution in [3.63, 3.8) is 0 Å². The highest BCUT2D eigenvalue weighted by Crippen LogP contribution is 2.24. The molecule has 0 aromatic heterocycles. The first-order valence-electron chi connectivity index (χ1n) is 8.33. The van der Waals surface area contributed by atoms with E-state index in [0.717, 1.165) is 29.0 Å². The van der Waals surface area contributed by atoms with Crippen LogP contribution in [0.25, 0.3) is 0 Å². The van der Waals surface area contributed by atoms with E-state index in [1.165, 1.54) is 24.9 Å². The number of nitrogens with one attached hydrogen (secondary N) is 1. The number of ether oxygens (including phenoxy) is 1. The highest BCUT2D eigenvalue weighted by Gasteiger charge is 2.21. The lowest BCUT2D eigenvalue weighted by Crippen LogP contribution is -2.35. The van der Waals surface area contributed by atoms with Gasteiger partial charge in [-0.3, -0.25) is 19.7 Å². The van der Waals surface area contributed by atoms with Crippen LogP contribution in [0.3, 0.4) is 0 Å². The zero-order valence-electron chi connectivity index (χ0n) is 16.0. The van der Waals surface area contributed by atoms with Gasteiger partial charge >= 0.3 is 5.97 Å². The summed E-state index contributed by atoms with van der Waals surface area (Å²) in [7, 11) is 2.52. The van der Waals surface area contributed by atoms with Crippen molar-refractivity contribution in [3.05, 3.63) is 63.7 Å². The normalized spacial score (nSPS) is 10.2. The summed E-state index contributed by atoms with van der Waals surface area (Å²) in [4.78, 5) is 49.1. The second kappa shape index (κ2) is 9.69. The first-order valence-corrected chi connectivity index (χ1v) is 9.55. The molecule has 0 fully saturated rings. The Morgan fingerprint density at radius 2 is 1.83 bits per heavy atom. The largest absolute Gasteiger partial charge is 0.465 e. The van der Waals surface area contributed by atoms with E-state index in [-0.39, 0.29) is 17.7 Å². The van der Waals surface area contributed by atoms with Crippen LogP contribution in [0.2, 0.25) is 0 Å². The number of para-hydroxylation sites is 1. The zero-order valence-corrected chi connectivity index (χ0v) is 16.8. The number of nitro groups is 1. The number of esters is 1. The number of anilines is 1. The van der Waals surface area contributed by atoms with Crippen LogP contribution >= 0.6 is 11.8 Å². The molecule has 0 aliphatic heterocycles. The average Bonchev–Trinajstić information content (AvgIpc) is 2.72. The molecule has 29 heavy (non-hydrogen) atoms. The molecule has 152 valence electrons. The molecule has 0 spiro atoms. The molecule has 0 bridgehead atoms. The van der Waals surface area contributed by atoms with E-state index in [0.29, 0.717) is 5.69 Å². The maximum Gasteiger partial charge on any atom is 0.338 e. The number of nitrogens with zero attached hydrogens (tertiary/aromatic N) is 2. The van der Waals surface area contributed by atoms with Crippen LogP contribution in [0.15, 0.2) is 47.4 Å². The van der Waals surface area contributed by atoms with Crippen LogP contribution in [0.4, 0.5) is 11.4 Å². The first-order chi connectivity index (χ1) is 13.8. The lowest BCUT2D eigenvalue weighted by atomic mass is 10.1. The van der Waals surface area contributed by atoms with Gasteiger partial charge in [-0.25, -0.2) is 4.79 Å². The van der Waals surface area contributed by atoms with Crippen molar-refractivity contribution in [1.29, 1.82) is 0 Å². The molecule has 2 amide bonds. The van der Waals surface area contributed by atoms with Gasteiger partial charge in [0.15, 0.2) is 0 Å². The summed E-state index contributed by atoms with van der Waals surface area (Å²) < 4.78 is 4.57. The van der Waals surface area contributed by atoms with Gasteiger partial charge in [0.2, 0.25) is 5.91 Å². The molecule has 1 N–H and O–H groups in total. The number of nitro benzene ring substituents is 1. The van der Waals surface area contributed by atoms with Crippen LogP contribution in [0, 0.1) is 10.1 Å². The van der Waals surface area contributed by atoms with Crippen molar-refractivity contribution in [2.45, 2.75) is 4.90 Å². The Hall–Kier alpha value is -3.40. The Kier molecular flexibility index (Phi) is 7.32. The van der Waals surface area contributed by atoms with Gasteiger partial charge in [-0.15, -0.1) is 11.8 Å². The number of benzene rings is 2. The fourth-order valence-corrected chi connectivity index (χ4v) is 3.07. The maximum absolute atomic E-state index is 12.7. The van der Waals surface area contributed by atoms with Gasteiger partial charge in [-0.2, -0.15) is 0 Å². The van der Waals surface area contributed by atoms with Crippen molar-refractivity contribution in [1.82, 2.24) is 4.90 Å². The second-order valence-electron chi connectivity index (χ2n) is 5.93. The Labute approximate surface area is 171 Å². The Morgan fingerprint density at radius 3 is 2.45 bits per heavy atom. The number of likely N-dealkylation sites (N-methyl/N-ethyl adjacent to an activating group) is 1. The van der Waals surface area contributed by atoms with Crippen molar-refractivity contribution in [3.8, 4) is 0 Å². The van der Waals surface area contributed by atoms with Crippen LogP contribution in [0.5, 0.6) is 0 Å². The Bertz CT molecular complexity index is 963. The maximum atomic E-state index is 12.7. The number of methoxy groups -OCH3 is 1. The van der Waals surface area contributed by atoms with E-state index in [4.69, 9.17) is 0 Å².